The van der Waals surface area contributed by atoms with Gasteiger partial charge < -0.3 is 5.73 Å². The molecule has 0 aliphatic carbocycles. The normalized spacial score (nSPS) is 11.9. The Labute approximate surface area is 93.7 Å². The first-order chi connectivity index (χ1) is 6.79. The maximum atomic E-state index is 6.01. The minimum atomic E-state index is -0.0657. The van der Waals surface area contributed by atoms with Gasteiger partial charge in [-0.3, -0.25) is 0 Å². The van der Waals surface area contributed by atoms with Crippen molar-refractivity contribution in [1.29, 1.82) is 0 Å². The zero-order valence-corrected chi connectivity index (χ0v) is 10.6. The molecule has 0 bridgehead atoms. The van der Waals surface area contributed by atoms with Crippen molar-refractivity contribution in [2.75, 3.05) is 0 Å². The molecule has 0 atom stereocenters. The van der Waals surface area contributed by atoms with Crippen molar-refractivity contribution in [2.24, 2.45) is 5.73 Å². The minimum absolute atomic E-state index is 0.0657. The molecular formula is C14H23N. The van der Waals surface area contributed by atoms with Gasteiger partial charge in [-0.15, -0.1) is 0 Å². The second kappa shape index (κ2) is 4.36. The third-order valence-electron chi connectivity index (χ3n) is 2.86. The Morgan fingerprint density at radius 2 is 1.53 bits per heavy atom. The zero-order chi connectivity index (χ0) is 11.6. The summed E-state index contributed by atoms with van der Waals surface area (Å²) in [6.45, 7) is 10.7. The van der Waals surface area contributed by atoms with Crippen LogP contribution in [0.3, 0.4) is 0 Å². The van der Waals surface area contributed by atoms with Crippen molar-refractivity contribution in [2.45, 2.75) is 53.0 Å². The van der Waals surface area contributed by atoms with Gasteiger partial charge in [0.2, 0.25) is 0 Å². The molecule has 0 heterocycles. The van der Waals surface area contributed by atoms with Gasteiger partial charge in [0.25, 0.3) is 0 Å². The van der Waals surface area contributed by atoms with Gasteiger partial charge in [0.05, 0.1) is 0 Å². The number of hydrogen-bond acceptors (Lipinski definition) is 1. The van der Waals surface area contributed by atoms with Crippen LogP contribution in [0.25, 0.3) is 0 Å². The van der Waals surface area contributed by atoms with E-state index in [2.05, 4.69) is 46.8 Å². The van der Waals surface area contributed by atoms with Crippen LogP contribution in [-0.2, 0) is 6.42 Å². The quantitative estimate of drug-likeness (QED) is 0.805. The molecule has 0 aliphatic heterocycles. The molecule has 1 rings (SSSR count). The highest BCUT2D eigenvalue weighted by Crippen LogP contribution is 2.20. The van der Waals surface area contributed by atoms with Gasteiger partial charge in [-0.2, -0.15) is 0 Å². The molecule has 1 nitrogen and oxygen atoms in total. The second-order valence-corrected chi connectivity index (χ2v) is 5.37. The first kappa shape index (κ1) is 12.3. The topological polar surface area (TPSA) is 26.0 Å². The Hall–Kier alpha value is -0.820. The van der Waals surface area contributed by atoms with Gasteiger partial charge in [-0.1, -0.05) is 17.7 Å². The van der Waals surface area contributed by atoms with Gasteiger partial charge in [-0.25, -0.2) is 0 Å². The summed E-state index contributed by atoms with van der Waals surface area (Å²) < 4.78 is 0. The van der Waals surface area contributed by atoms with Crippen LogP contribution in [-0.4, -0.2) is 5.54 Å². The Balaban J connectivity index is 2.86. The van der Waals surface area contributed by atoms with Crippen molar-refractivity contribution < 1.29 is 0 Å². The molecule has 1 aromatic carbocycles. The molecule has 0 spiro atoms. The first-order valence-corrected chi connectivity index (χ1v) is 5.65. The molecule has 15 heavy (non-hydrogen) atoms. The Bertz CT molecular complexity index is 322. The van der Waals surface area contributed by atoms with Gasteiger partial charge in [0.1, 0.15) is 0 Å². The van der Waals surface area contributed by atoms with E-state index < -0.39 is 0 Å². The second-order valence-electron chi connectivity index (χ2n) is 5.37. The average Bonchev–Trinajstić information content (AvgIpc) is 1.99. The molecule has 0 saturated heterocycles. The predicted octanol–water partition coefficient (Wildman–Crippen LogP) is 3.28. The lowest BCUT2D eigenvalue weighted by molar-refractivity contribution is 0.476. The van der Waals surface area contributed by atoms with E-state index in [4.69, 9.17) is 5.73 Å². The molecule has 0 fully saturated rings. The van der Waals surface area contributed by atoms with Crippen LogP contribution < -0.4 is 5.73 Å². The van der Waals surface area contributed by atoms with Gasteiger partial charge in [-0.05, 0) is 64.2 Å². The first-order valence-electron chi connectivity index (χ1n) is 5.65. The lowest BCUT2D eigenvalue weighted by atomic mass is 9.91. The van der Waals surface area contributed by atoms with Crippen LogP contribution in [0, 0.1) is 20.8 Å². The highest BCUT2D eigenvalue weighted by atomic mass is 14.7. The summed E-state index contributed by atoms with van der Waals surface area (Å²) in [6, 6.07) is 4.51. The maximum Gasteiger partial charge on any atom is 0.0100 e. The molecular weight excluding hydrogens is 182 g/mol. The molecule has 1 heteroatoms. The molecule has 0 aliphatic rings. The number of aryl methyl sites for hydroxylation is 3. The van der Waals surface area contributed by atoms with Gasteiger partial charge >= 0.3 is 0 Å². The summed E-state index contributed by atoms with van der Waals surface area (Å²) in [6.07, 6.45) is 2.12. The highest BCUT2D eigenvalue weighted by molar-refractivity contribution is 5.37. The van der Waals surface area contributed by atoms with Crippen molar-refractivity contribution in [3.8, 4) is 0 Å². The van der Waals surface area contributed by atoms with Crippen molar-refractivity contribution in [3.63, 3.8) is 0 Å². The summed E-state index contributed by atoms with van der Waals surface area (Å²) in [5.41, 5.74) is 11.6. The highest BCUT2D eigenvalue weighted by Gasteiger charge is 2.12. The van der Waals surface area contributed by atoms with E-state index in [9.17, 15) is 0 Å². The largest absolute Gasteiger partial charge is 0.326 e. The third-order valence-corrected chi connectivity index (χ3v) is 2.86. The number of hydrogen-bond donors (Lipinski definition) is 1. The molecule has 0 amide bonds. The predicted molar refractivity (Wildman–Crippen MR) is 67.2 cm³/mol. The average molecular weight is 205 g/mol. The summed E-state index contributed by atoms with van der Waals surface area (Å²) in [4.78, 5) is 0. The van der Waals surface area contributed by atoms with Crippen LogP contribution in [0.4, 0.5) is 0 Å². The molecule has 0 radical (unpaired) electrons. The van der Waals surface area contributed by atoms with Crippen molar-refractivity contribution >= 4 is 0 Å². The zero-order valence-electron chi connectivity index (χ0n) is 10.6. The van der Waals surface area contributed by atoms with Crippen LogP contribution in [0.2, 0.25) is 0 Å². The fourth-order valence-corrected chi connectivity index (χ4v) is 2.05. The number of benzene rings is 1. The van der Waals surface area contributed by atoms with E-state index in [0.29, 0.717) is 0 Å². The maximum absolute atomic E-state index is 6.01. The van der Waals surface area contributed by atoms with Crippen molar-refractivity contribution in [1.82, 2.24) is 0 Å². The van der Waals surface area contributed by atoms with Crippen LogP contribution in [0.15, 0.2) is 12.1 Å². The Kier molecular flexibility index (Phi) is 3.56. The molecule has 2 N–H and O–H groups in total. The van der Waals surface area contributed by atoms with E-state index in [1.54, 1.807) is 0 Å². The molecule has 0 unspecified atom stereocenters. The van der Waals surface area contributed by atoms with E-state index in [1.165, 1.54) is 22.3 Å². The van der Waals surface area contributed by atoms with Gasteiger partial charge in [0.15, 0.2) is 0 Å². The smallest absolute Gasteiger partial charge is 0.0100 e. The molecule has 0 aromatic heterocycles. The van der Waals surface area contributed by atoms with E-state index in [-0.39, 0.29) is 5.54 Å². The fraction of sp³-hybridized carbons (Fsp3) is 0.571. The van der Waals surface area contributed by atoms with Crippen LogP contribution in [0.1, 0.15) is 42.5 Å². The lowest BCUT2D eigenvalue weighted by Crippen LogP contribution is -2.32. The number of nitrogens with two attached hydrogens (primary N) is 1. The minimum Gasteiger partial charge on any atom is -0.326 e. The summed E-state index contributed by atoms with van der Waals surface area (Å²) in [7, 11) is 0. The van der Waals surface area contributed by atoms with E-state index in [0.717, 1.165) is 12.8 Å². The van der Waals surface area contributed by atoms with Crippen molar-refractivity contribution in [3.05, 3.63) is 34.4 Å². The van der Waals surface area contributed by atoms with Crippen LogP contribution in [0.5, 0.6) is 0 Å². The molecule has 0 saturated carbocycles. The fourth-order valence-electron chi connectivity index (χ4n) is 2.05. The van der Waals surface area contributed by atoms with Crippen LogP contribution >= 0.6 is 0 Å². The lowest BCUT2D eigenvalue weighted by Gasteiger charge is -2.20. The SMILES string of the molecule is Cc1cc(C)c(CCC(C)(C)N)c(C)c1. The molecule has 84 valence electrons. The standard InChI is InChI=1S/C14H23N/c1-10-8-11(2)13(12(3)9-10)6-7-14(4,5)15/h8-9H,6-7,15H2,1-5H3. The van der Waals surface area contributed by atoms with Gasteiger partial charge in [0, 0.05) is 5.54 Å². The molecule has 1 aromatic rings. The number of rotatable bonds is 3. The Morgan fingerprint density at radius 1 is 1.07 bits per heavy atom. The van der Waals surface area contributed by atoms with E-state index >= 15 is 0 Å². The summed E-state index contributed by atoms with van der Waals surface area (Å²) in [5, 5.41) is 0. The summed E-state index contributed by atoms with van der Waals surface area (Å²) in [5.74, 6) is 0. The van der Waals surface area contributed by atoms with E-state index in [1.807, 2.05) is 0 Å². The monoisotopic (exact) mass is 205 g/mol. The third kappa shape index (κ3) is 3.67. The Morgan fingerprint density at radius 3 is 1.93 bits per heavy atom. The summed E-state index contributed by atoms with van der Waals surface area (Å²) >= 11 is 0.